The van der Waals surface area contributed by atoms with Gasteiger partial charge in [0.15, 0.2) is 6.61 Å². The number of ether oxygens (including phenoxy) is 1. The topological polar surface area (TPSA) is 38.3 Å². The molecule has 0 atom stereocenters. The van der Waals surface area contributed by atoms with Gasteiger partial charge in [-0.05, 0) is 56.6 Å². The maximum atomic E-state index is 12.2. The summed E-state index contributed by atoms with van der Waals surface area (Å²) in [5.41, 5.74) is 0. The van der Waals surface area contributed by atoms with E-state index in [9.17, 15) is 4.79 Å². The van der Waals surface area contributed by atoms with Crippen molar-refractivity contribution < 1.29 is 9.53 Å². The largest absolute Gasteiger partial charge is 0.484 e. The first-order valence-corrected chi connectivity index (χ1v) is 10.6. The van der Waals surface area contributed by atoms with Crippen LogP contribution in [0.5, 0.6) is 0 Å². The van der Waals surface area contributed by atoms with Gasteiger partial charge in [0.1, 0.15) is 5.76 Å². The molecule has 0 aromatic heterocycles. The standard InChI is InChI=1S/C23H37NO2/c1-3-5-13-22(4-2)26-18-23(25)24-21-16-14-20(15-17-21)19-11-9-7-6-8-10-12-19/h3-5,13,19-21H,1,6-12,14-18H2,2H3,(H,24,25)/b13-5-,22-4+. The van der Waals surface area contributed by atoms with Crippen molar-refractivity contribution >= 4 is 5.91 Å². The SMILES string of the molecule is C=C/C=C\C(=C/C)OCC(=O)NC1CCC(C2CCCCCCC2)CC1. The maximum absolute atomic E-state index is 12.2. The number of nitrogens with one attached hydrogen (secondary N) is 1. The molecule has 0 aliphatic heterocycles. The minimum atomic E-state index is -0.00856. The fourth-order valence-electron chi connectivity index (χ4n) is 4.50. The zero-order chi connectivity index (χ0) is 18.6. The number of rotatable bonds is 7. The molecule has 2 aliphatic rings. The molecule has 0 heterocycles. The number of carbonyl (C=O) groups excluding carboxylic acids is 1. The molecule has 2 fully saturated rings. The Labute approximate surface area is 160 Å². The Hall–Kier alpha value is -1.51. The second-order valence-corrected chi connectivity index (χ2v) is 7.86. The fourth-order valence-corrected chi connectivity index (χ4v) is 4.50. The molecule has 2 aliphatic carbocycles. The van der Waals surface area contributed by atoms with Gasteiger partial charge in [-0.2, -0.15) is 0 Å². The first-order valence-electron chi connectivity index (χ1n) is 10.6. The van der Waals surface area contributed by atoms with Crippen LogP contribution in [0, 0.1) is 11.8 Å². The van der Waals surface area contributed by atoms with Crippen molar-refractivity contribution in [1.29, 1.82) is 0 Å². The molecule has 0 bridgehead atoms. The molecule has 0 aromatic carbocycles. The zero-order valence-corrected chi connectivity index (χ0v) is 16.6. The molecular weight excluding hydrogens is 322 g/mol. The second kappa shape index (κ2) is 12.0. The van der Waals surface area contributed by atoms with Crippen molar-refractivity contribution in [3.63, 3.8) is 0 Å². The summed E-state index contributed by atoms with van der Waals surface area (Å²) in [6.45, 7) is 5.63. The molecule has 0 saturated heterocycles. The first kappa shape index (κ1) is 20.8. The quantitative estimate of drug-likeness (QED) is 0.469. The Balaban J connectivity index is 1.68. The minimum absolute atomic E-state index is 0.00856. The summed E-state index contributed by atoms with van der Waals surface area (Å²) in [5.74, 6) is 2.51. The summed E-state index contributed by atoms with van der Waals surface area (Å²) in [7, 11) is 0. The zero-order valence-electron chi connectivity index (χ0n) is 16.6. The van der Waals surface area contributed by atoms with E-state index < -0.39 is 0 Å². The molecule has 3 heteroatoms. The lowest BCUT2D eigenvalue weighted by molar-refractivity contribution is -0.125. The highest BCUT2D eigenvalue weighted by atomic mass is 16.5. The average molecular weight is 360 g/mol. The Morgan fingerprint density at radius 3 is 2.23 bits per heavy atom. The second-order valence-electron chi connectivity index (χ2n) is 7.86. The molecule has 146 valence electrons. The van der Waals surface area contributed by atoms with Gasteiger partial charge in [0.2, 0.25) is 0 Å². The van der Waals surface area contributed by atoms with Gasteiger partial charge in [0.25, 0.3) is 5.91 Å². The molecule has 0 radical (unpaired) electrons. The van der Waals surface area contributed by atoms with E-state index in [1.54, 1.807) is 6.08 Å². The number of hydrogen-bond donors (Lipinski definition) is 1. The van der Waals surface area contributed by atoms with Crippen LogP contribution in [0.3, 0.4) is 0 Å². The summed E-state index contributed by atoms with van der Waals surface area (Å²) in [6.07, 6.45) is 22.0. The number of amides is 1. The predicted molar refractivity (Wildman–Crippen MR) is 109 cm³/mol. The lowest BCUT2D eigenvalue weighted by atomic mass is 9.73. The Bertz CT molecular complexity index is 478. The third kappa shape index (κ3) is 7.39. The highest BCUT2D eigenvalue weighted by Crippen LogP contribution is 2.37. The van der Waals surface area contributed by atoms with Crippen LogP contribution in [-0.4, -0.2) is 18.6 Å². The maximum Gasteiger partial charge on any atom is 0.258 e. The van der Waals surface area contributed by atoms with Gasteiger partial charge in [-0.1, -0.05) is 63.7 Å². The van der Waals surface area contributed by atoms with Gasteiger partial charge in [0, 0.05) is 6.04 Å². The molecule has 2 saturated carbocycles. The lowest BCUT2D eigenvalue weighted by Gasteiger charge is -2.35. The Kier molecular flexibility index (Phi) is 9.58. The number of carbonyl (C=O) groups is 1. The van der Waals surface area contributed by atoms with E-state index in [4.69, 9.17) is 4.74 Å². The monoisotopic (exact) mass is 359 g/mol. The average Bonchev–Trinajstić information content (AvgIpc) is 2.62. The van der Waals surface area contributed by atoms with Crippen LogP contribution in [0.1, 0.15) is 77.6 Å². The van der Waals surface area contributed by atoms with Crippen LogP contribution in [-0.2, 0) is 9.53 Å². The predicted octanol–water partition coefficient (Wildman–Crippen LogP) is 5.68. The minimum Gasteiger partial charge on any atom is -0.484 e. The van der Waals surface area contributed by atoms with E-state index in [2.05, 4.69) is 11.9 Å². The molecule has 3 nitrogen and oxygen atoms in total. The van der Waals surface area contributed by atoms with Crippen molar-refractivity contribution in [3.8, 4) is 0 Å². The molecule has 0 spiro atoms. The van der Waals surface area contributed by atoms with E-state index in [0.29, 0.717) is 11.8 Å². The van der Waals surface area contributed by atoms with Gasteiger partial charge in [-0.25, -0.2) is 0 Å². The van der Waals surface area contributed by atoms with Crippen LogP contribution in [0.2, 0.25) is 0 Å². The van der Waals surface area contributed by atoms with Crippen molar-refractivity contribution in [2.45, 2.75) is 83.6 Å². The van der Waals surface area contributed by atoms with E-state index >= 15 is 0 Å². The summed E-state index contributed by atoms with van der Waals surface area (Å²) in [6, 6.07) is 0.327. The van der Waals surface area contributed by atoms with Crippen LogP contribution in [0.15, 0.2) is 36.6 Å². The van der Waals surface area contributed by atoms with Gasteiger partial charge in [-0.15, -0.1) is 0 Å². The Morgan fingerprint density at radius 2 is 1.62 bits per heavy atom. The van der Waals surface area contributed by atoms with E-state index in [-0.39, 0.29) is 12.5 Å². The van der Waals surface area contributed by atoms with Gasteiger partial charge >= 0.3 is 0 Å². The fraction of sp³-hybridized carbons (Fsp3) is 0.696. The molecule has 2 rings (SSSR count). The van der Waals surface area contributed by atoms with Crippen molar-refractivity contribution in [2.75, 3.05) is 6.61 Å². The molecule has 26 heavy (non-hydrogen) atoms. The van der Waals surface area contributed by atoms with Crippen molar-refractivity contribution in [1.82, 2.24) is 5.32 Å². The van der Waals surface area contributed by atoms with Gasteiger partial charge < -0.3 is 10.1 Å². The third-order valence-electron chi connectivity index (χ3n) is 6.00. The number of hydrogen-bond acceptors (Lipinski definition) is 2. The molecule has 0 aromatic rings. The summed E-state index contributed by atoms with van der Waals surface area (Å²) in [4.78, 5) is 12.2. The number of allylic oxidation sites excluding steroid dienone is 4. The van der Waals surface area contributed by atoms with Crippen LogP contribution in [0.25, 0.3) is 0 Å². The van der Waals surface area contributed by atoms with Crippen LogP contribution < -0.4 is 5.32 Å². The van der Waals surface area contributed by atoms with E-state index in [1.165, 1.54) is 57.8 Å². The first-order chi connectivity index (χ1) is 12.7. The van der Waals surface area contributed by atoms with Gasteiger partial charge in [-0.3, -0.25) is 4.79 Å². The molecule has 0 unspecified atom stereocenters. The Morgan fingerprint density at radius 1 is 1.00 bits per heavy atom. The molecular formula is C23H37NO2. The highest BCUT2D eigenvalue weighted by molar-refractivity contribution is 5.77. The molecule has 1 amide bonds. The van der Waals surface area contributed by atoms with Crippen LogP contribution in [0.4, 0.5) is 0 Å². The smallest absolute Gasteiger partial charge is 0.258 e. The van der Waals surface area contributed by atoms with Gasteiger partial charge in [0.05, 0.1) is 0 Å². The van der Waals surface area contributed by atoms with Crippen molar-refractivity contribution in [3.05, 3.63) is 36.6 Å². The molecule has 1 N–H and O–H groups in total. The summed E-state index contributed by atoms with van der Waals surface area (Å²) >= 11 is 0. The van der Waals surface area contributed by atoms with Crippen molar-refractivity contribution in [2.24, 2.45) is 11.8 Å². The van der Waals surface area contributed by atoms with Crippen LogP contribution >= 0.6 is 0 Å². The third-order valence-corrected chi connectivity index (χ3v) is 6.00. The van der Waals surface area contributed by atoms with E-state index in [0.717, 1.165) is 24.7 Å². The highest BCUT2D eigenvalue weighted by Gasteiger charge is 2.28. The normalized spacial score (nSPS) is 26.1. The summed E-state index contributed by atoms with van der Waals surface area (Å²) in [5, 5.41) is 3.16. The van der Waals surface area contributed by atoms with E-state index in [1.807, 2.05) is 25.2 Å². The lowest BCUT2D eigenvalue weighted by Crippen LogP contribution is -2.40. The summed E-state index contributed by atoms with van der Waals surface area (Å²) < 4.78 is 5.55.